The van der Waals surface area contributed by atoms with Crippen molar-refractivity contribution >= 4 is 5.78 Å². The van der Waals surface area contributed by atoms with Crippen LogP contribution in [-0.2, 0) is 4.79 Å². The molecule has 1 rings (SSSR count). The van der Waals surface area contributed by atoms with E-state index in [4.69, 9.17) is 0 Å². The number of ketones is 1. The van der Waals surface area contributed by atoms with Gasteiger partial charge in [-0.1, -0.05) is 57.4 Å². The van der Waals surface area contributed by atoms with Crippen LogP contribution >= 0.6 is 0 Å². The van der Waals surface area contributed by atoms with Crippen molar-refractivity contribution in [2.24, 2.45) is 11.8 Å². The Bertz CT molecular complexity index is 423. The van der Waals surface area contributed by atoms with Gasteiger partial charge in [0.1, 0.15) is 5.78 Å². The Morgan fingerprint density at radius 1 is 1.17 bits per heavy atom. The van der Waals surface area contributed by atoms with Crippen molar-refractivity contribution in [2.45, 2.75) is 90.3 Å². The van der Waals surface area contributed by atoms with Crippen molar-refractivity contribution in [1.82, 2.24) is 0 Å². The van der Waals surface area contributed by atoms with E-state index < -0.39 is 11.7 Å². The maximum atomic E-state index is 12.1. The van der Waals surface area contributed by atoms with Gasteiger partial charge in [0, 0.05) is 18.3 Å². The summed E-state index contributed by atoms with van der Waals surface area (Å²) in [6.45, 7) is 6.13. The first kappa shape index (κ1) is 21.1. The second kappa shape index (κ2) is 10.8. The predicted octanol–water partition coefficient (Wildman–Crippen LogP) is 4.58. The quantitative estimate of drug-likeness (QED) is 0.543. The molecule has 1 unspecified atom stereocenters. The first-order valence-corrected chi connectivity index (χ1v) is 9.66. The summed E-state index contributed by atoms with van der Waals surface area (Å²) >= 11 is 0. The Balaban J connectivity index is 2.55. The number of allylic oxidation sites excluding steroid dienone is 2. The van der Waals surface area contributed by atoms with Gasteiger partial charge in [-0.2, -0.15) is 0 Å². The Hall–Kier alpha value is -0.930. The molecule has 0 aromatic heterocycles. The zero-order valence-electron chi connectivity index (χ0n) is 15.7. The molecule has 0 saturated heterocycles. The monoisotopic (exact) mass is 336 g/mol. The average molecular weight is 337 g/mol. The number of rotatable bonds is 11. The maximum absolute atomic E-state index is 12.1. The lowest BCUT2D eigenvalue weighted by molar-refractivity contribution is -0.121. The summed E-state index contributed by atoms with van der Waals surface area (Å²) in [5.74, 6) is 0.000882. The van der Waals surface area contributed by atoms with Gasteiger partial charge in [-0.15, -0.1) is 0 Å². The topological polar surface area (TPSA) is 57.5 Å². The molecule has 0 bridgehead atoms. The summed E-state index contributed by atoms with van der Waals surface area (Å²) in [5.41, 5.74) is -0.696. The van der Waals surface area contributed by atoms with Crippen LogP contribution < -0.4 is 0 Å². The third-order valence-corrected chi connectivity index (χ3v) is 4.98. The molecule has 0 aromatic rings. The molecule has 1 aliphatic carbocycles. The summed E-state index contributed by atoms with van der Waals surface area (Å²) < 4.78 is 0. The third-order valence-electron chi connectivity index (χ3n) is 4.98. The number of Topliss-reactive ketones (excluding diaryl/α,β-unsaturated/α-hetero) is 1. The number of aliphatic hydroxyl groups excluding tert-OH is 1. The fourth-order valence-corrected chi connectivity index (χ4v) is 3.41. The van der Waals surface area contributed by atoms with Crippen LogP contribution in [0.4, 0.5) is 0 Å². The summed E-state index contributed by atoms with van der Waals surface area (Å²) in [4.78, 5) is 12.1. The highest BCUT2D eigenvalue weighted by molar-refractivity contribution is 5.84. The zero-order chi connectivity index (χ0) is 18.0. The van der Waals surface area contributed by atoms with Crippen LogP contribution in [-0.4, -0.2) is 27.7 Å². The van der Waals surface area contributed by atoms with Gasteiger partial charge in [0.15, 0.2) is 0 Å². The molecule has 0 amide bonds. The molecule has 3 heteroatoms. The fourth-order valence-electron chi connectivity index (χ4n) is 3.41. The van der Waals surface area contributed by atoms with E-state index in [0.29, 0.717) is 6.42 Å². The molecule has 1 saturated carbocycles. The number of carbonyl (C=O) groups excluding carboxylic acids is 1. The van der Waals surface area contributed by atoms with Crippen molar-refractivity contribution in [3.63, 3.8) is 0 Å². The lowest BCUT2D eigenvalue weighted by Gasteiger charge is -2.22. The van der Waals surface area contributed by atoms with Gasteiger partial charge in [-0.25, -0.2) is 0 Å². The van der Waals surface area contributed by atoms with Crippen LogP contribution in [0.1, 0.15) is 78.6 Å². The van der Waals surface area contributed by atoms with Gasteiger partial charge in [-0.3, -0.25) is 4.79 Å². The number of aliphatic hydroxyl groups is 2. The van der Waals surface area contributed by atoms with Crippen LogP contribution in [0.2, 0.25) is 0 Å². The summed E-state index contributed by atoms with van der Waals surface area (Å²) in [7, 11) is 0. The highest BCUT2D eigenvalue weighted by Gasteiger charge is 2.39. The van der Waals surface area contributed by atoms with Gasteiger partial charge in [-0.05, 0) is 39.0 Å². The second-order valence-electron chi connectivity index (χ2n) is 7.49. The lowest BCUT2D eigenvalue weighted by atomic mass is 9.88. The number of unbranched alkanes of at least 4 members (excludes halogenated alkanes) is 2. The molecule has 0 radical (unpaired) electrons. The minimum absolute atomic E-state index is 0.0804. The van der Waals surface area contributed by atoms with Gasteiger partial charge in [0.05, 0.1) is 11.7 Å². The van der Waals surface area contributed by atoms with Crippen molar-refractivity contribution in [1.29, 1.82) is 0 Å². The fraction of sp³-hybridized carbons (Fsp3) is 0.762. The van der Waals surface area contributed by atoms with Crippen LogP contribution in [0.25, 0.3) is 0 Å². The molecule has 0 aliphatic heterocycles. The predicted molar refractivity (Wildman–Crippen MR) is 99.8 cm³/mol. The maximum Gasteiger partial charge on any atom is 0.139 e. The van der Waals surface area contributed by atoms with E-state index >= 15 is 0 Å². The smallest absolute Gasteiger partial charge is 0.139 e. The average Bonchev–Trinajstić information content (AvgIpc) is 2.79. The van der Waals surface area contributed by atoms with Crippen LogP contribution in [0.15, 0.2) is 24.3 Å². The van der Waals surface area contributed by atoms with Gasteiger partial charge >= 0.3 is 0 Å². The van der Waals surface area contributed by atoms with E-state index in [9.17, 15) is 15.0 Å². The molecule has 138 valence electrons. The largest absolute Gasteiger partial charge is 0.392 e. The Morgan fingerprint density at radius 3 is 2.54 bits per heavy atom. The normalized spacial score (nSPS) is 27.4. The molecule has 0 aromatic carbocycles. The molecule has 4 atom stereocenters. The minimum Gasteiger partial charge on any atom is -0.392 e. The van der Waals surface area contributed by atoms with Gasteiger partial charge in [0.25, 0.3) is 0 Å². The molecule has 2 N–H and O–H groups in total. The highest BCUT2D eigenvalue weighted by atomic mass is 16.3. The first-order chi connectivity index (χ1) is 11.4. The lowest BCUT2D eigenvalue weighted by Crippen LogP contribution is -2.23. The van der Waals surface area contributed by atoms with E-state index in [-0.39, 0.29) is 24.0 Å². The number of hydrogen-bond acceptors (Lipinski definition) is 3. The van der Waals surface area contributed by atoms with Gasteiger partial charge < -0.3 is 10.2 Å². The molecule has 1 aliphatic rings. The molecule has 0 spiro atoms. The van der Waals surface area contributed by atoms with Crippen LogP contribution in [0.5, 0.6) is 0 Å². The molecular weight excluding hydrogens is 300 g/mol. The molecule has 3 nitrogen and oxygen atoms in total. The van der Waals surface area contributed by atoms with Crippen LogP contribution in [0.3, 0.4) is 0 Å². The molecule has 24 heavy (non-hydrogen) atoms. The zero-order valence-corrected chi connectivity index (χ0v) is 15.7. The summed E-state index contributed by atoms with van der Waals surface area (Å²) in [6.07, 6.45) is 15.3. The first-order valence-electron chi connectivity index (χ1n) is 9.66. The van der Waals surface area contributed by atoms with Crippen molar-refractivity contribution < 1.29 is 15.0 Å². The second-order valence-corrected chi connectivity index (χ2v) is 7.49. The standard InChI is InChI=1S/C21H36O3/c1-4-6-8-9-10-12-17-18(20(23)16-19(17)22)13-11-15-21(3,24)14-7-5-2/h8-9,11,13,17-18,20,23-24H,4-7,10,12,14-16H2,1-3H3/b9-8-,13-11+/t17-,18-,20-,21?/m1/s1. The molecule has 0 heterocycles. The van der Waals surface area contributed by atoms with Crippen LogP contribution in [0, 0.1) is 11.8 Å². The summed E-state index contributed by atoms with van der Waals surface area (Å²) in [6, 6.07) is 0. The van der Waals surface area contributed by atoms with E-state index in [1.807, 2.05) is 19.1 Å². The van der Waals surface area contributed by atoms with Gasteiger partial charge in [0.2, 0.25) is 0 Å². The Morgan fingerprint density at radius 2 is 1.88 bits per heavy atom. The van der Waals surface area contributed by atoms with E-state index in [0.717, 1.165) is 44.9 Å². The SMILES string of the molecule is CCC/C=C\CC[C@H]1C(=O)C[C@@H](O)[C@@H]1/C=C/CC(C)(O)CCCC. The van der Waals surface area contributed by atoms with E-state index in [1.54, 1.807) is 0 Å². The Kier molecular flexibility index (Phi) is 9.53. The van der Waals surface area contributed by atoms with Crippen molar-refractivity contribution in [2.75, 3.05) is 0 Å². The van der Waals surface area contributed by atoms with Crippen molar-refractivity contribution in [3.8, 4) is 0 Å². The number of carbonyl (C=O) groups is 1. The summed E-state index contributed by atoms with van der Waals surface area (Å²) in [5, 5.41) is 20.5. The molecular formula is C21H36O3. The third kappa shape index (κ3) is 7.31. The minimum atomic E-state index is -0.696. The Labute approximate surface area is 147 Å². The van der Waals surface area contributed by atoms with E-state index in [1.165, 1.54) is 0 Å². The van der Waals surface area contributed by atoms with Crippen molar-refractivity contribution in [3.05, 3.63) is 24.3 Å². The number of hydrogen-bond donors (Lipinski definition) is 2. The molecule has 1 fully saturated rings. The van der Waals surface area contributed by atoms with E-state index in [2.05, 4.69) is 26.0 Å². The highest BCUT2D eigenvalue weighted by Crippen LogP contribution is 2.34.